The highest BCUT2D eigenvalue weighted by Crippen LogP contribution is 2.61. The quantitative estimate of drug-likeness (QED) is 0.896. The first-order valence-corrected chi connectivity index (χ1v) is 8.11. The molecule has 5 rings (SSSR count). The van der Waals surface area contributed by atoms with Crippen molar-refractivity contribution in [2.75, 3.05) is 5.32 Å². The third kappa shape index (κ3) is 2.32. The van der Waals surface area contributed by atoms with Gasteiger partial charge in [0.15, 0.2) is 0 Å². The molecule has 4 fully saturated rings. The van der Waals surface area contributed by atoms with Crippen LogP contribution >= 0.6 is 0 Å². The zero-order valence-electron chi connectivity index (χ0n) is 12.5. The first-order valence-electron chi connectivity index (χ1n) is 8.11. The lowest BCUT2D eigenvalue weighted by molar-refractivity contribution is -0.0680. The lowest BCUT2D eigenvalue weighted by Gasteiger charge is -2.59. The molecule has 1 aromatic rings. The molecule has 0 radical (unpaired) electrons. The van der Waals surface area contributed by atoms with Crippen LogP contribution in [0.2, 0.25) is 0 Å². The summed E-state index contributed by atoms with van der Waals surface area (Å²) in [5.41, 5.74) is 0.327. The number of carbonyl (C=O) groups excluding carboxylic acids is 1. The van der Waals surface area contributed by atoms with Gasteiger partial charge in [0.1, 0.15) is 0 Å². The van der Waals surface area contributed by atoms with E-state index in [4.69, 9.17) is 4.52 Å². The van der Waals surface area contributed by atoms with Crippen LogP contribution in [0.1, 0.15) is 45.4 Å². The second kappa shape index (κ2) is 4.75. The third-order valence-electron chi connectivity index (χ3n) is 6.03. The van der Waals surface area contributed by atoms with Crippen molar-refractivity contribution in [3.63, 3.8) is 0 Å². The molecule has 21 heavy (non-hydrogen) atoms. The highest BCUT2D eigenvalue weighted by atomic mass is 16.5. The van der Waals surface area contributed by atoms with E-state index in [0.717, 1.165) is 17.8 Å². The van der Waals surface area contributed by atoms with E-state index in [0.29, 0.717) is 11.3 Å². The van der Waals surface area contributed by atoms with Gasteiger partial charge in [0.25, 0.3) is 0 Å². The Labute approximate surface area is 124 Å². The number of nitrogens with zero attached hydrogens (tertiary/aromatic N) is 1. The normalized spacial score (nSPS) is 38.2. The summed E-state index contributed by atoms with van der Waals surface area (Å²) in [7, 11) is 0. The summed E-state index contributed by atoms with van der Waals surface area (Å²) in [6.07, 6.45) is 9.69. The molecule has 4 bridgehead atoms. The SMILES string of the molecule is CC(NC(=O)Nc1ccno1)C12CC3CC(CC(C3)C1)C2. The fraction of sp³-hybridized carbons (Fsp3) is 0.750. The molecule has 4 aliphatic rings. The van der Waals surface area contributed by atoms with E-state index >= 15 is 0 Å². The lowest BCUT2D eigenvalue weighted by Crippen LogP contribution is -2.56. The van der Waals surface area contributed by atoms with E-state index in [1.54, 1.807) is 6.07 Å². The summed E-state index contributed by atoms with van der Waals surface area (Å²) < 4.78 is 4.91. The van der Waals surface area contributed by atoms with Gasteiger partial charge in [-0.3, -0.25) is 5.32 Å². The highest BCUT2D eigenvalue weighted by molar-refractivity contribution is 5.87. The van der Waals surface area contributed by atoms with Crippen molar-refractivity contribution in [3.05, 3.63) is 12.3 Å². The minimum atomic E-state index is -0.185. The van der Waals surface area contributed by atoms with Crippen molar-refractivity contribution in [3.8, 4) is 0 Å². The maximum atomic E-state index is 12.1. The van der Waals surface area contributed by atoms with Gasteiger partial charge in [0, 0.05) is 12.1 Å². The van der Waals surface area contributed by atoms with Gasteiger partial charge in [-0.2, -0.15) is 0 Å². The summed E-state index contributed by atoms with van der Waals surface area (Å²) in [6.45, 7) is 2.17. The first-order chi connectivity index (χ1) is 10.1. The summed E-state index contributed by atoms with van der Waals surface area (Å²) in [4.78, 5) is 12.1. The summed E-state index contributed by atoms with van der Waals surface area (Å²) >= 11 is 0. The molecule has 1 aromatic heterocycles. The fourth-order valence-corrected chi connectivity index (χ4v) is 5.49. The number of amides is 2. The molecule has 0 spiro atoms. The molecular formula is C16H23N3O2. The van der Waals surface area contributed by atoms with Crippen LogP contribution in [0.4, 0.5) is 10.7 Å². The topological polar surface area (TPSA) is 67.2 Å². The zero-order chi connectivity index (χ0) is 14.4. The number of carbonyl (C=O) groups is 1. The average molecular weight is 289 g/mol. The van der Waals surface area contributed by atoms with Crippen LogP contribution in [0.3, 0.4) is 0 Å². The van der Waals surface area contributed by atoms with Crippen molar-refractivity contribution in [1.29, 1.82) is 0 Å². The Bertz CT molecular complexity index is 490. The summed E-state index contributed by atoms with van der Waals surface area (Å²) in [6, 6.07) is 1.68. The van der Waals surface area contributed by atoms with Crippen molar-refractivity contribution in [1.82, 2.24) is 10.5 Å². The molecule has 1 unspecified atom stereocenters. The van der Waals surface area contributed by atoms with Crippen LogP contribution in [0.25, 0.3) is 0 Å². The van der Waals surface area contributed by atoms with Crippen LogP contribution in [-0.4, -0.2) is 17.2 Å². The number of hydrogen-bond donors (Lipinski definition) is 2. The average Bonchev–Trinajstić information content (AvgIpc) is 2.89. The maximum Gasteiger partial charge on any atom is 0.321 e. The van der Waals surface area contributed by atoms with E-state index in [9.17, 15) is 4.79 Å². The number of nitrogens with one attached hydrogen (secondary N) is 2. The van der Waals surface area contributed by atoms with Gasteiger partial charge < -0.3 is 9.84 Å². The molecule has 0 aliphatic heterocycles. The number of anilines is 1. The molecule has 4 saturated carbocycles. The van der Waals surface area contributed by atoms with Gasteiger partial charge in [0.2, 0.25) is 5.88 Å². The summed E-state index contributed by atoms with van der Waals surface area (Å²) in [5, 5.41) is 9.43. The molecule has 5 nitrogen and oxygen atoms in total. The molecule has 0 aromatic carbocycles. The number of hydrogen-bond acceptors (Lipinski definition) is 3. The minimum absolute atomic E-state index is 0.185. The van der Waals surface area contributed by atoms with Crippen LogP contribution in [0, 0.1) is 23.2 Å². The van der Waals surface area contributed by atoms with E-state index in [2.05, 4.69) is 22.7 Å². The van der Waals surface area contributed by atoms with E-state index < -0.39 is 0 Å². The monoisotopic (exact) mass is 289 g/mol. The first kappa shape index (κ1) is 13.2. The Morgan fingerprint density at radius 1 is 1.29 bits per heavy atom. The van der Waals surface area contributed by atoms with Gasteiger partial charge in [-0.05, 0) is 68.6 Å². The van der Waals surface area contributed by atoms with Crippen molar-refractivity contribution in [2.45, 2.75) is 51.5 Å². The maximum absolute atomic E-state index is 12.1. The molecule has 2 amide bonds. The number of rotatable bonds is 3. The molecule has 1 atom stereocenters. The van der Waals surface area contributed by atoms with E-state index in [-0.39, 0.29) is 12.1 Å². The van der Waals surface area contributed by atoms with E-state index in [1.807, 2.05) is 0 Å². The molecule has 4 aliphatic carbocycles. The van der Waals surface area contributed by atoms with Gasteiger partial charge in [-0.15, -0.1) is 0 Å². The largest absolute Gasteiger partial charge is 0.338 e. The Morgan fingerprint density at radius 2 is 1.90 bits per heavy atom. The van der Waals surface area contributed by atoms with Crippen molar-refractivity contribution in [2.24, 2.45) is 23.2 Å². The van der Waals surface area contributed by atoms with Crippen LogP contribution < -0.4 is 10.6 Å². The molecular weight excluding hydrogens is 266 g/mol. The standard InChI is InChI=1S/C16H23N3O2/c1-10(18-15(20)19-14-2-3-17-21-14)16-7-11-4-12(8-16)6-13(5-11)9-16/h2-3,10-13H,4-9H2,1H3,(H2,18,19,20). The van der Waals surface area contributed by atoms with Gasteiger partial charge in [-0.1, -0.05) is 5.16 Å². The van der Waals surface area contributed by atoms with Crippen LogP contribution in [0.15, 0.2) is 16.8 Å². The van der Waals surface area contributed by atoms with Crippen molar-refractivity contribution < 1.29 is 9.32 Å². The smallest absolute Gasteiger partial charge is 0.321 e. The zero-order valence-corrected chi connectivity index (χ0v) is 12.5. The lowest BCUT2D eigenvalue weighted by atomic mass is 9.48. The van der Waals surface area contributed by atoms with Gasteiger partial charge >= 0.3 is 6.03 Å². The Kier molecular flexibility index (Phi) is 2.98. The Morgan fingerprint density at radius 3 is 2.43 bits per heavy atom. The van der Waals surface area contributed by atoms with Crippen LogP contribution in [0.5, 0.6) is 0 Å². The minimum Gasteiger partial charge on any atom is -0.338 e. The number of aromatic nitrogens is 1. The highest BCUT2D eigenvalue weighted by Gasteiger charge is 2.53. The summed E-state index contributed by atoms with van der Waals surface area (Å²) in [5.74, 6) is 3.10. The molecule has 2 N–H and O–H groups in total. The van der Waals surface area contributed by atoms with E-state index in [1.165, 1.54) is 44.7 Å². The predicted octanol–water partition coefficient (Wildman–Crippen LogP) is 3.40. The predicted molar refractivity (Wildman–Crippen MR) is 78.7 cm³/mol. The molecule has 1 heterocycles. The molecule has 5 heteroatoms. The Balaban J connectivity index is 1.42. The molecule has 0 saturated heterocycles. The fourth-order valence-electron chi connectivity index (χ4n) is 5.49. The second-order valence-corrected chi connectivity index (χ2v) is 7.48. The third-order valence-corrected chi connectivity index (χ3v) is 6.03. The Hall–Kier alpha value is -1.52. The van der Waals surface area contributed by atoms with Gasteiger partial charge in [-0.25, -0.2) is 4.79 Å². The second-order valence-electron chi connectivity index (χ2n) is 7.48. The molecule has 114 valence electrons. The van der Waals surface area contributed by atoms with Crippen LogP contribution in [-0.2, 0) is 0 Å². The van der Waals surface area contributed by atoms with Crippen molar-refractivity contribution >= 4 is 11.9 Å². The van der Waals surface area contributed by atoms with Gasteiger partial charge in [0.05, 0.1) is 6.20 Å². The number of urea groups is 1.